The second-order valence-corrected chi connectivity index (χ2v) is 14.6. The summed E-state index contributed by atoms with van der Waals surface area (Å²) in [6.07, 6.45) is -38.5. The van der Waals surface area contributed by atoms with E-state index in [4.69, 9.17) is 42.6 Å². The van der Waals surface area contributed by atoms with Gasteiger partial charge in [0.2, 0.25) is 5.91 Å². The highest BCUT2D eigenvalue weighted by molar-refractivity contribution is 5.73. The molecule has 0 aromatic carbocycles. The molecule has 1 amide bonds. The molecule has 5 fully saturated rings. The van der Waals surface area contributed by atoms with Crippen molar-refractivity contribution < 1.29 is 109 Å². The molecule has 0 aromatic heterocycles. The first-order valence-electron chi connectivity index (χ1n) is 18.0. The van der Waals surface area contributed by atoms with Gasteiger partial charge in [0.15, 0.2) is 31.5 Å². The summed E-state index contributed by atoms with van der Waals surface area (Å²) in [4.78, 5) is 12.4. The monoisotopic (exact) mass is 805 g/mol. The Balaban J connectivity index is 1.38. The Morgan fingerprint density at radius 2 is 0.927 bits per heavy atom. The predicted octanol–water partition coefficient (Wildman–Crippen LogP) is -7.67. The number of hydrogen-bond donors (Lipinski definition) is 13. The van der Waals surface area contributed by atoms with Crippen LogP contribution in [0.15, 0.2) is 0 Å². The number of hydrogen-bond acceptors (Lipinski definition) is 22. The minimum atomic E-state index is -1.98. The van der Waals surface area contributed by atoms with Gasteiger partial charge < -0.3 is 109 Å². The highest BCUT2D eigenvalue weighted by atomic mass is 16.8. The van der Waals surface area contributed by atoms with Crippen LogP contribution in [0.25, 0.3) is 0 Å². The van der Waals surface area contributed by atoms with Crippen molar-refractivity contribution in [3.05, 3.63) is 0 Å². The van der Waals surface area contributed by atoms with Crippen LogP contribution in [0.4, 0.5) is 0 Å². The summed E-state index contributed by atoms with van der Waals surface area (Å²) in [7, 11) is 0. The third-order valence-electron chi connectivity index (χ3n) is 10.6. The fourth-order valence-corrected chi connectivity index (χ4v) is 7.17. The van der Waals surface area contributed by atoms with Crippen LogP contribution in [0.1, 0.15) is 34.6 Å². The zero-order chi connectivity index (χ0) is 40.8. The smallest absolute Gasteiger partial charge is 0.217 e. The standard InChI is InChI=1S/C32H55NO22/c1-7-15(37)20(42)26(28(46)47-7)54-29-13(33-11(5)35)24(18(40)12(6-34)51-29)52-31-23(45)25(17(39)10(4)49-31)53-32-27(21(43)16(38)9(3)50-32)55-30-22(44)19(41)14(36)8(2)48-30/h7-10,12-32,34,36-46H,6H2,1-5H3,(H,33,35)/t7-,8-,9-,10-,12+,13+,14-,15-,16-,17-,18+,19+,20+,21+,22+,23+,24+,25+,26+,27+,28-,29-,30-,31-,32-/m0/s1. The zero-order valence-corrected chi connectivity index (χ0v) is 30.6. The first-order chi connectivity index (χ1) is 25.8. The van der Waals surface area contributed by atoms with Gasteiger partial charge in [-0.25, -0.2) is 0 Å². The lowest BCUT2D eigenvalue weighted by Crippen LogP contribution is -2.69. The Morgan fingerprint density at radius 3 is 1.51 bits per heavy atom. The topological polar surface area (TPSA) is 355 Å². The first-order valence-corrected chi connectivity index (χ1v) is 18.0. The predicted molar refractivity (Wildman–Crippen MR) is 172 cm³/mol. The zero-order valence-electron chi connectivity index (χ0n) is 30.6. The molecule has 0 aromatic rings. The molecule has 5 rings (SSSR count). The van der Waals surface area contributed by atoms with Crippen molar-refractivity contribution in [2.45, 2.75) is 188 Å². The number of carbonyl (C=O) groups excluding carboxylic acids is 1. The van der Waals surface area contributed by atoms with Crippen LogP contribution in [0.5, 0.6) is 0 Å². The van der Waals surface area contributed by atoms with Crippen LogP contribution in [0.2, 0.25) is 0 Å². The highest BCUT2D eigenvalue weighted by Crippen LogP contribution is 2.36. The lowest BCUT2D eigenvalue weighted by molar-refractivity contribution is -0.391. The van der Waals surface area contributed by atoms with Gasteiger partial charge in [-0.3, -0.25) is 4.79 Å². The maximum Gasteiger partial charge on any atom is 0.217 e. The van der Waals surface area contributed by atoms with Crippen LogP contribution in [-0.2, 0) is 47.4 Å². The lowest BCUT2D eigenvalue weighted by atomic mass is 9.94. The fraction of sp³-hybridized carbons (Fsp3) is 0.969. The minimum Gasteiger partial charge on any atom is -0.394 e. The molecule has 0 spiro atoms. The summed E-state index contributed by atoms with van der Waals surface area (Å²) >= 11 is 0. The normalized spacial score (nSPS) is 53.8. The number of aliphatic hydroxyl groups excluding tert-OH is 12. The SMILES string of the molecule is CC(=O)N[C@H]1[C@H](O[C@@H]2[C@H](O)[C@@H](O)[C@H](C)O[C@@H]2O)O[C@H](CO)[C@@H](O)[C@@H]1O[C@@H]1O[C@@H](C)[C@H](O)[C@@H](O[C@@H]2O[C@@H](C)[C@H](O)[C@@H](O)[C@H]2O[C@@H]2O[C@@H](C)[C@H](O)[C@@H](O)[C@H]2O)[C@H]1O. The fourth-order valence-electron chi connectivity index (χ4n) is 7.17. The third-order valence-corrected chi connectivity index (χ3v) is 10.6. The van der Waals surface area contributed by atoms with Crippen molar-refractivity contribution in [1.82, 2.24) is 5.32 Å². The van der Waals surface area contributed by atoms with Crippen LogP contribution in [-0.4, -0.2) is 227 Å². The van der Waals surface area contributed by atoms with Crippen molar-refractivity contribution in [1.29, 1.82) is 0 Å². The molecule has 5 aliphatic heterocycles. The van der Waals surface area contributed by atoms with Crippen molar-refractivity contribution in [3.63, 3.8) is 0 Å². The van der Waals surface area contributed by atoms with E-state index in [2.05, 4.69) is 5.32 Å². The molecule has 320 valence electrons. The number of ether oxygens (including phenoxy) is 9. The van der Waals surface area contributed by atoms with E-state index in [1.54, 1.807) is 0 Å². The van der Waals surface area contributed by atoms with Crippen molar-refractivity contribution in [3.8, 4) is 0 Å². The average molecular weight is 806 g/mol. The Morgan fingerprint density at radius 1 is 0.473 bits per heavy atom. The van der Waals surface area contributed by atoms with E-state index in [1.165, 1.54) is 27.7 Å². The van der Waals surface area contributed by atoms with Crippen LogP contribution >= 0.6 is 0 Å². The molecule has 0 bridgehead atoms. The van der Waals surface area contributed by atoms with Crippen LogP contribution in [0, 0.1) is 0 Å². The molecule has 0 saturated carbocycles. The van der Waals surface area contributed by atoms with Gasteiger partial charge in [0.05, 0.1) is 31.0 Å². The van der Waals surface area contributed by atoms with Gasteiger partial charge in [-0.1, -0.05) is 0 Å². The van der Waals surface area contributed by atoms with Crippen molar-refractivity contribution >= 4 is 5.91 Å². The quantitative estimate of drug-likeness (QED) is 0.0975. The van der Waals surface area contributed by atoms with E-state index in [1.807, 2.05) is 0 Å². The van der Waals surface area contributed by atoms with E-state index < -0.39 is 166 Å². The van der Waals surface area contributed by atoms with Gasteiger partial charge in [0, 0.05) is 6.92 Å². The van der Waals surface area contributed by atoms with E-state index in [-0.39, 0.29) is 0 Å². The molecule has 5 aliphatic rings. The Hall–Kier alpha value is -1.37. The molecule has 5 heterocycles. The third kappa shape index (κ3) is 9.27. The van der Waals surface area contributed by atoms with Crippen molar-refractivity contribution in [2.24, 2.45) is 0 Å². The van der Waals surface area contributed by atoms with E-state index >= 15 is 0 Å². The summed E-state index contributed by atoms with van der Waals surface area (Å²) in [5.41, 5.74) is 0. The molecular formula is C32H55NO22. The summed E-state index contributed by atoms with van der Waals surface area (Å²) in [5, 5.41) is 131. The molecule has 23 nitrogen and oxygen atoms in total. The largest absolute Gasteiger partial charge is 0.394 e. The summed E-state index contributed by atoms with van der Waals surface area (Å²) < 4.78 is 51.4. The maximum atomic E-state index is 12.4. The molecule has 0 aliphatic carbocycles. The number of aliphatic hydroxyl groups is 12. The Bertz CT molecular complexity index is 1260. The van der Waals surface area contributed by atoms with Gasteiger partial charge in [0.1, 0.15) is 97.6 Å². The maximum absolute atomic E-state index is 12.4. The molecule has 55 heavy (non-hydrogen) atoms. The van der Waals surface area contributed by atoms with Gasteiger partial charge in [-0.05, 0) is 27.7 Å². The van der Waals surface area contributed by atoms with Gasteiger partial charge in [-0.15, -0.1) is 0 Å². The second-order valence-electron chi connectivity index (χ2n) is 14.6. The molecule has 23 heteroatoms. The Kier molecular flexibility index (Phi) is 14.9. The highest BCUT2D eigenvalue weighted by Gasteiger charge is 2.56. The van der Waals surface area contributed by atoms with Crippen LogP contribution in [0.3, 0.4) is 0 Å². The number of amides is 1. The van der Waals surface area contributed by atoms with Gasteiger partial charge >= 0.3 is 0 Å². The first kappa shape index (κ1) is 44.7. The molecule has 25 atom stereocenters. The molecular weight excluding hydrogens is 750 g/mol. The average Bonchev–Trinajstić information content (AvgIpc) is 3.13. The van der Waals surface area contributed by atoms with E-state index in [0.717, 1.165) is 6.92 Å². The van der Waals surface area contributed by atoms with Crippen molar-refractivity contribution in [2.75, 3.05) is 6.61 Å². The van der Waals surface area contributed by atoms with Gasteiger partial charge in [0.25, 0.3) is 0 Å². The van der Waals surface area contributed by atoms with E-state index in [9.17, 15) is 66.1 Å². The summed E-state index contributed by atoms with van der Waals surface area (Å²) in [6, 6.07) is -1.53. The lowest BCUT2D eigenvalue weighted by Gasteiger charge is -2.50. The Labute approximate surface area is 314 Å². The minimum absolute atomic E-state index is 0.714. The number of rotatable bonds is 10. The number of carbonyl (C=O) groups is 1. The molecule has 0 radical (unpaired) electrons. The summed E-state index contributed by atoms with van der Waals surface area (Å²) in [5.74, 6) is -0.714. The second kappa shape index (κ2) is 18.3. The van der Waals surface area contributed by atoms with Gasteiger partial charge in [-0.2, -0.15) is 0 Å². The van der Waals surface area contributed by atoms with Crippen LogP contribution < -0.4 is 5.32 Å². The number of nitrogens with one attached hydrogen (secondary N) is 1. The summed E-state index contributed by atoms with van der Waals surface area (Å²) in [6.45, 7) is 5.77. The molecule has 5 saturated heterocycles. The molecule has 0 unspecified atom stereocenters. The molecule has 13 N–H and O–H groups in total. The van der Waals surface area contributed by atoms with E-state index in [0.29, 0.717) is 0 Å².